The highest BCUT2D eigenvalue weighted by Gasteiger charge is 2.14. The van der Waals surface area contributed by atoms with E-state index in [1.165, 1.54) is 30.6 Å². The first-order valence-electron chi connectivity index (χ1n) is 8.70. The number of aromatic nitrogens is 1. The SMILES string of the molecule is COCc1nc(C(=O)Nc2cccc(COC3CCCCC3)c2)cs1. The summed E-state index contributed by atoms with van der Waals surface area (Å²) >= 11 is 1.42. The molecule has 1 heterocycles. The summed E-state index contributed by atoms with van der Waals surface area (Å²) in [6.45, 7) is 1.01. The Bertz CT molecular complexity index is 695. The van der Waals surface area contributed by atoms with Gasteiger partial charge in [-0.15, -0.1) is 11.3 Å². The van der Waals surface area contributed by atoms with Crippen molar-refractivity contribution in [1.29, 1.82) is 0 Å². The lowest BCUT2D eigenvalue weighted by Gasteiger charge is -2.22. The fraction of sp³-hybridized carbons (Fsp3) is 0.474. The first kappa shape index (κ1) is 18.0. The quantitative estimate of drug-likeness (QED) is 0.795. The molecule has 0 bridgehead atoms. The van der Waals surface area contributed by atoms with Crippen molar-refractivity contribution in [3.63, 3.8) is 0 Å². The summed E-state index contributed by atoms with van der Waals surface area (Å²) in [6, 6.07) is 7.80. The van der Waals surface area contributed by atoms with Gasteiger partial charge in [0, 0.05) is 18.2 Å². The molecule has 0 aliphatic heterocycles. The molecule has 0 spiro atoms. The van der Waals surface area contributed by atoms with Crippen LogP contribution in [0.3, 0.4) is 0 Å². The van der Waals surface area contributed by atoms with E-state index < -0.39 is 0 Å². The second-order valence-corrected chi connectivity index (χ2v) is 7.23. The van der Waals surface area contributed by atoms with Gasteiger partial charge in [-0.3, -0.25) is 4.79 Å². The Hall–Kier alpha value is -1.76. The number of rotatable bonds is 7. The molecule has 1 aliphatic carbocycles. The van der Waals surface area contributed by atoms with Gasteiger partial charge in [-0.05, 0) is 30.5 Å². The number of ether oxygens (including phenoxy) is 2. The molecule has 134 valence electrons. The van der Waals surface area contributed by atoms with Gasteiger partial charge in [-0.1, -0.05) is 31.4 Å². The largest absolute Gasteiger partial charge is 0.378 e. The Balaban J connectivity index is 1.55. The van der Waals surface area contributed by atoms with Crippen molar-refractivity contribution < 1.29 is 14.3 Å². The average Bonchev–Trinajstić information content (AvgIpc) is 3.10. The zero-order chi connectivity index (χ0) is 17.5. The van der Waals surface area contributed by atoms with Gasteiger partial charge in [0.25, 0.3) is 5.91 Å². The van der Waals surface area contributed by atoms with E-state index in [-0.39, 0.29) is 5.91 Å². The second-order valence-electron chi connectivity index (χ2n) is 6.29. The monoisotopic (exact) mass is 360 g/mol. The summed E-state index contributed by atoms with van der Waals surface area (Å²) < 4.78 is 11.0. The van der Waals surface area contributed by atoms with Gasteiger partial charge < -0.3 is 14.8 Å². The minimum Gasteiger partial charge on any atom is -0.378 e. The van der Waals surface area contributed by atoms with E-state index >= 15 is 0 Å². The minimum absolute atomic E-state index is 0.205. The van der Waals surface area contributed by atoms with Crippen molar-refractivity contribution in [3.05, 3.63) is 45.9 Å². The Morgan fingerprint density at radius 3 is 2.92 bits per heavy atom. The summed E-state index contributed by atoms with van der Waals surface area (Å²) in [4.78, 5) is 16.6. The van der Waals surface area contributed by atoms with E-state index in [1.54, 1.807) is 12.5 Å². The van der Waals surface area contributed by atoms with E-state index in [0.717, 1.165) is 29.1 Å². The first-order valence-corrected chi connectivity index (χ1v) is 9.58. The molecule has 1 aromatic carbocycles. The fourth-order valence-electron chi connectivity index (χ4n) is 2.98. The summed E-state index contributed by atoms with van der Waals surface area (Å²) in [6.07, 6.45) is 6.54. The van der Waals surface area contributed by atoms with Gasteiger partial charge >= 0.3 is 0 Å². The summed E-state index contributed by atoms with van der Waals surface area (Å²) in [7, 11) is 1.61. The molecule has 0 saturated heterocycles. The fourth-order valence-corrected chi connectivity index (χ4v) is 3.73. The van der Waals surface area contributed by atoms with Crippen molar-refractivity contribution in [2.24, 2.45) is 0 Å². The zero-order valence-electron chi connectivity index (χ0n) is 14.5. The third-order valence-corrected chi connectivity index (χ3v) is 5.10. The van der Waals surface area contributed by atoms with Crippen molar-refractivity contribution >= 4 is 22.9 Å². The van der Waals surface area contributed by atoms with Crippen LogP contribution in [0.4, 0.5) is 5.69 Å². The van der Waals surface area contributed by atoms with Crippen LogP contribution >= 0.6 is 11.3 Å². The summed E-state index contributed by atoms with van der Waals surface area (Å²) in [5.41, 5.74) is 2.25. The summed E-state index contributed by atoms with van der Waals surface area (Å²) in [5.74, 6) is -0.205. The third kappa shape index (κ3) is 5.36. The van der Waals surface area contributed by atoms with E-state index in [0.29, 0.717) is 25.0 Å². The van der Waals surface area contributed by atoms with Crippen LogP contribution in [-0.2, 0) is 22.7 Å². The van der Waals surface area contributed by atoms with Crippen molar-refractivity contribution in [2.75, 3.05) is 12.4 Å². The molecule has 5 nitrogen and oxygen atoms in total. The molecule has 0 radical (unpaired) electrons. The van der Waals surface area contributed by atoms with E-state index in [2.05, 4.69) is 10.3 Å². The minimum atomic E-state index is -0.205. The lowest BCUT2D eigenvalue weighted by Crippen LogP contribution is -2.16. The van der Waals surface area contributed by atoms with Gasteiger partial charge in [-0.25, -0.2) is 4.98 Å². The lowest BCUT2D eigenvalue weighted by atomic mass is 9.98. The Labute approximate surface area is 152 Å². The molecular weight excluding hydrogens is 336 g/mol. The van der Waals surface area contributed by atoms with Gasteiger partial charge in [0.1, 0.15) is 10.7 Å². The van der Waals surface area contributed by atoms with Gasteiger partial charge in [0.15, 0.2) is 0 Å². The van der Waals surface area contributed by atoms with Crippen molar-refractivity contribution in [1.82, 2.24) is 4.98 Å². The molecule has 1 saturated carbocycles. The number of hydrogen-bond donors (Lipinski definition) is 1. The number of thiazole rings is 1. The number of methoxy groups -OCH3 is 1. The van der Waals surface area contributed by atoms with Crippen LogP contribution in [0.2, 0.25) is 0 Å². The predicted octanol–water partition coefficient (Wildman–Crippen LogP) is 4.39. The lowest BCUT2D eigenvalue weighted by molar-refractivity contribution is 0.0169. The predicted molar refractivity (Wildman–Crippen MR) is 98.9 cm³/mol. The van der Waals surface area contributed by atoms with Crippen LogP contribution in [0.15, 0.2) is 29.6 Å². The maximum absolute atomic E-state index is 12.3. The number of hydrogen-bond acceptors (Lipinski definition) is 5. The average molecular weight is 360 g/mol. The van der Waals surface area contributed by atoms with Crippen LogP contribution in [0.1, 0.15) is 53.2 Å². The molecule has 0 atom stereocenters. The van der Waals surface area contributed by atoms with E-state index in [1.807, 2.05) is 24.3 Å². The van der Waals surface area contributed by atoms with Crippen LogP contribution in [0.25, 0.3) is 0 Å². The molecule has 3 rings (SSSR count). The number of nitrogens with zero attached hydrogens (tertiary/aromatic N) is 1. The van der Waals surface area contributed by atoms with Crippen LogP contribution in [0, 0.1) is 0 Å². The molecule has 2 aromatic rings. The van der Waals surface area contributed by atoms with E-state index in [9.17, 15) is 4.79 Å². The van der Waals surface area contributed by atoms with E-state index in [4.69, 9.17) is 9.47 Å². The summed E-state index contributed by atoms with van der Waals surface area (Å²) in [5, 5.41) is 5.44. The molecule has 1 fully saturated rings. The number of anilines is 1. The molecule has 1 amide bonds. The highest BCUT2D eigenvalue weighted by molar-refractivity contribution is 7.09. The molecule has 25 heavy (non-hydrogen) atoms. The van der Waals surface area contributed by atoms with Crippen LogP contribution in [-0.4, -0.2) is 24.1 Å². The van der Waals surface area contributed by atoms with Gasteiger partial charge in [-0.2, -0.15) is 0 Å². The number of benzene rings is 1. The second kappa shape index (κ2) is 9.08. The van der Waals surface area contributed by atoms with Crippen LogP contribution < -0.4 is 5.32 Å². The maximum atomic E-state index is 12.3. The van der Waals surface area contributed by atoms with Gasteiger partial charge in [0.05, 0.1) is 19.3 Å². The molecule has 1 N–H and O–H groups in total. The number of nitrogens with one attached hydrogen (secondary N) is 1. The molecule has 1 aliphatic rings. The molecule has 0 unspecified atom stereocenters. The highest BCUT2D eigenvalue weighted by atomic mass is 32.1. The number of amides is 1. The molecule has 6 heteroatoms. The first-order chi connectivity index (χ1) is 12.2. The zero-order valence-corrected chi connectivity index (χ0v) is 15.3. The Morgan fingerprint density at radius 1 is 1.28 bits per heavy atom. The molecular formula is C19H24N2O3S. The van der Waals surface area contributed by atoms with Gasteiger partial charge in [0.2, 0.25) is 0 Å². The smallest absolute Gasteiger partial charge is 0.275 e. The number of carbonyl (C=O) groups is 1. The van der Waals surface area contributed by atoms with Crippen molar-refractivity contribution in [3.8, 4) is 0 Å². The number of carbonyl (C=O) groups excluding carboxylic acids is 1. The maximum Gasteiger partial charge on any atom is 0.275 e. The Morgan fingerprint density at radius 2 is 2.12 bits per heavy atom. The topological polar surface area (TPSA) is 60.5 Å². The normalized spacial score (nSPS) is 15.2. The highest BCUT2D eigenvalue weighted by Crippen LogP contribution is 2.22. The Kier molecular flexibility index (Phi) is 6.55. The standard InChI is InChI=1S/C19H24N2O3S/c1-23-12-18-21-17(13-25-18)19(22)20-15-7-5-6-14(10-15)11-24-16-8-3-2-4-9-16/h5-7,10,13,16H,2-4,8-9,11-12H2,1H3,(H,20,22). The van der Waals surface area contributed by atoms with Crippen LogP contribution in [0.5, 0.6) is 0 Å². The third-order valence-electron chi connectivity index (χ3n) is 4.27. The van der Waals surface area contributed by atoms with Crippen molar-refractivity contribution in [2.45, 2.75) is 51.4 Å². The molecule has 1 aromatic heterocycles.